The van der Waals surface area contributed by atoms with Gasteiger partial charge in [0.1, 0.15) is 18.1 Å². The number of carbonyl (C=O) groups excluding carboxylic acids is 3. The Morgan fingerprint density at radius 1 is 0.926 bits per heavy atom. The fourth-order valence-electron chi connectivity index (χ4n) is 2.18. The first-order chi connectivity index (χ1) is 12.5. The van der Waals surface area contributed by atoms with E-state index < -0.39 is 47.9 Å². The van der Waals surface area contributed by atoms with E-state index in [1.807, 2.05) is 20.1 Å². The van der Waals surface area contributed by atoms with Gasteiger partial charge >= 0.3 is 5.97 Å². The summed E-state index contributed by atoms with van der Waals surface area (Å²) in [6, 6.07) is -3.56. The van der Waals surface area contributed by atoms with Gasteiger partial charge in [-0.3, -0.25) is 14.4 Å². The molecule has 4 unspecified atom stereocenters. The molecule has 0 aromatic carbocycles. The highest BCUT2D eigenvalue weighted by Gasteiger charge is 2.28. The van der Waals surface area contributed by atoms with E-state index in [0.29, 0.717) is 12.2 Å². The third-order valence-corrected chi connectivity index (χ3v) is 4.37. The smallest absolute Gasteiger partial charge is 0.326 e. The number of hydrogen-bond donors (Lipinski definition) is 5. The normalized spacial score (nSPS) is 15.4. The molecule has 0 spiro atoms. The number of aliphatic carboxylic acids is 1. The van der Waals surface area contributed by atoms with E-state index in [1.165, 1.54) is 25.6 Å². The molecule has 0 aromatic heterocycles. The average Bonchev–Trinajstić information content (AvgIpc) is 2.56. The van der Waals surface area contributed by atoms with E-state index >= 15 is 0 Å². The number of rotatable bonds is 12. The molecular weight excluding hydrogens is 372 g/mol. The van der Waals surface area contributed by atoms with Crippen molar-refractivity contribution >= 4 is 35.5 Å². The van der Waals surface area contributed by atoms with Crippen molar-refractivity contribution in [2.75, 3.05) is 12.0 Å². The Labute approximate surface area is 164 Å². The maximum Gasteiger partial charge on any atom is 0.326 e. The molecule has 0 aliphatic rings. The number of carboxylic acids is 1. The van der Waals surface area contributed by atoms with Crippen molar-refractivity contribution in [1.29, 1.82) is 0 Å². The second-order valence-corrected chi connectivity index (χ2v) is 7.88. The molecule has 156 valence electrons. The topological polar surface area (TPSA) is 151 Å². The summed E-state index contributed by atoms with van der Waals surface area (Å²) in [6.07, 6.45) is 2.50. The molecule has 0 aromatic rings. The van der Waals surface area contributed by atoms with Crippen LogP contribution in [0.15, 0.2) is 0 Å². The minimum Gasteiger partial charge on any atom is -0.480 e. The van der Waals surface area contributed by atoms with E-state index in [2.05, 4.69) is 16.0 Å². The van der Waals surface area contributed by atoms with E-state index in [4.69, 9.17) is 5.73 Å². The van der Waals surface area contributed by atoms with E-state index in [9.17, 15) is 24.3 Å². The molecular formula is C17H32N4O5S. The van der Waals surface area contributed by atoms with Crippen LogP contribution in [-0.2, 0) is 19.2 Å². The molecule has 0 fully saturated rings. The maximum absolute atomic E-state index is 12.5. The van der Waals surface area contributed by atoms with Crippen molar-refractivity contribution in [1.82, 2.24) is 16.0 Å². The van der Waals surface area contributed by atoms with Gasteiger partial charge in [-0.15, -0.1) is 0 Å². The van der Waals surface area contributed by atoms with Crippen molar-refractivity contribution in [2.45, 2.75) is 64.7 Å². The Morgan fingerprint density at radius 2 is 1.48 bits per heavy atom. The van der Waals surface area contributed by atoms with Crippen LogP contribution in [0.3, 0.4) is 0 Å². The third kappa shape index (κ3) is 10.2. The molecule has 0 aliphatic carbocycles. The van der Waals surface area contributed by atoms with Crippen LogP contribution in [0.1, 0.15) is 40.5 Å². The number of nitrogens with two attached hydrogens (primary N) is 1. The molecule has 0 saturated heterocycles. The molecule has 0 heterocycles. The largest absolute Gasteiger partial charge is 0.480 e. The van der Waals surface area contributed by atoms with E-state index in [0.717, 1.165) is 0 Å². The molecule has 0 rings (SSSR count). The molecule has 0 saturated carbocycles. The van der Waals surface area contributed by atoms with Crippen LogP contribution in [0.25, 0.3) is 0 Å². The number of carboxylic acid groups (broad SMARTS) is 1. The minimum absolute atomic E-state index is 0.126. The zero-order valence-electron chi connectivity index (χ0n) is 16.6. The summed E-state index contributed by atoms with van der Waals surface area (Å²) in [7, 11) is 0. The van der Waals surface area contributed by atoms with Gasteiger partial charge in [-0.1, -0.05) is 13.8 Å². The predicted molar refractivity (Wildman–Crippen MR) is 105 cm³/mol. The van der Waals surface area contributed by atoms with Crippen LogP contribution >= 0.6 is 11.8 Å². The van der Waals surface area contributed by atoms with Gasteiger partial charge in [-0.05, 0) is 44.6 Å². The van der Waals surface area contributed by atoms with E-state index in [-0.39, 0.29) is 12.3 Å². The SMILES string of the molecule is CSCCC(NC(=O)C(C)NC(=O)C(CC(C)C)NC(=O)C(C)N)C(=O)O. The summed E-state index contributed by atoms with van der Waals surface area (Å²) in [5.41, 5.74) is 5.52. The molecule has 0 radical (unpaired) electrons. The van der Waals surface area contributed by atoms with Crippen molar-refractivity contribution in [3.8, 4) is 0 Å². The van der Waals surface area contributed by atoms with Gasteiger partial charge in [0, 0.05) is 0 Å². The molecule has 4 atom stereocenters. The predicted octanol–water partition coefficient (Wildman–Crippen LogP) is -0.308. The first kappa shape index (κ1) is 25.2. The number of carbonyl (C=O) groups is 4. The van der Waals surface area contributed by atoms with Crippen molar-refractivity contribution in [3.05, 3.63) is 0 Å². The van der Waals surface area contributed by atoms with Gasteiger partial charge in [0.05, 0.1) is 6.04 Å². The fraction of sp³-hybridized carbons (Fsp3) is 0.765. The number of nitrogens with one attached hydrogen (secondary N) is 3. The highest BCUT2D eigenvalue weighted by Crippen LogP contribution is 2.06. The summed E-state index contributed by atoms with van der Waals surface area (Å²) in [5.74, 6) is -2.00. The van der Waals surface area contributed by atoms with E-state index in [1.54, 1.807) is 0 Å². The first-order valence-corrected chi connectivity index (χ1v) is 10.3. The summed E-state index contributed by atoms with van der Waals surface area (Å²) in [4.78, 5) is 47.8. The monoisotopic (exact) mass is 404 g/mol. The molecule has 10 heteroatoms. The van der Waals surface area contributed by atoms with Gasteiger partial charge in [0.15, 0.2) is 0 Å². The standard InChI is InChI=1S/C17H32N4O5S/c1-9(2)8-13(21-14(22)10(3)18)16(24)19-11(4)15(23)20-12(17(25)26)6-7-27-5/h9-13H,6-8,18H2,1-5H3,(H,19,24)(H,20,23)(H,21,22)(H,25,26). The van der Waals surface area contributed by atoms with Crippen molar-refractivity contribution < 1.29 is 24.3 Å². The van der Waals surface area contributed by atoms with Crippen LogP contribution in [-0.4, -0.2) is 65.0 Å². The molecule has 0 bridgehead atoms. The van der Waals surface area contributed by atoms with Crippen molar-refractivity contribution in [3.63, 3.8) is 0 Å². The van der Waals surface area contributed by atoms with Gasteiger partial charge in [-0.25, -0.2) is 4.79 Å². The zero-order valence-corrected chi connectivity index (χ0v) is 17.4. The molecule has 6 N–H and O–H groups in total. The second kappa shape index (κ2) is 12.6. The summed E-state index contributed by atoms with van der Waals surface area (Å²) in [6.45, 7) is 6.77. The summed E-state index contributed by atoms with van der Waals surface area (Å²) < 4.78 is 0. The van der Waals surface area contributed by atoms with Crippen LogP contribution in [0.2, 0.25) is 0 Å². The van der Waals surface area contributed by atoms with Gasteiger partial charge in [0.25, 0.3) is 0 Å². The zero-order chi connectivity index (χ0) is 21.1. The third-order valence-electron chi connectivity index (χ3n) is 3.73. The van der Waals surface area contributed by atoms with Crippen LogP contribution < -0.4 is 21.7 Å². The first-order valence-electron chi connectivity index (χ1n) is 8.88. The van der Waals surface area contributed by atoms with Gasteiger partial charge < -0.3 is 26.8 Å². The summed E-state index contributed by atoms with van der Waals surface area (Å²) >= 11 is 1.48. The van der Waals surface area contributed by atoms with Crippen LogP contribution in [0, 0.1) is 5.92 Å². The maximum atomic E-state index is 12.5. The Bertz CT molecular complexity index is 527. The Hall–Kier alpha value is -1.81. The molecule has 9 nitrogen and oxygen atoms in total. The second-order valence-electron chi connectivity index (χ2n) is 6.89. The number of amides is 3. The lowest BCUT2D eigenvalue weighted by Gasteiger charge is -2.24. The van der Waals surface area contributed by atoms with Crippen LogP contribution in [0.4, 0.5) is 0 Å². The Kier molecular flexibility index (Phi) is 11.7. The van der Waals surface area contributed by atoms with Gasteiger partial charge in [0.2, 0.25) is 17.7 Å². The fourth-order valence-corrected chi connectivity index (χ4v) is 2.65. The van der Waals surface area contributed by atoms with Crippen LogP contribution in [0.5, 0.6) is 0 Å². The van der Waals surface area contributed by atoms with Crippen molar-refractivity contribution in [2.24, 2.45) is 11.7 Å². The Balaban J connectivity index is 4.90. The minimum atomic E-state index is -1.13. The lowest BCUT2D eigenvalue weighted by atomic mass is 10.0. The quantitative estimate of drug-likeness (QED) is 0.299. The molecule has 0 aliphatic heterocycles. The number of hydrogen-bond acceptors (Lipinski definition) is 6. The molecule has 3 amide bonds. The lowest BCUT2D eigenvalue weighted by molar-refractivity contribution is -0.142. The highest BCUT2D eigenvalue weighted by atomic mass is 32.2. The Morgan fingerprint density at radius 3 is 1.93 bits per heavy atom. The molecule has 27 heavy (non-hydrogen) atoms. The highest BCUT2D eigenvalue weighted by molar-refractivity contribution is 7.98. The summed E-state index contributed by atoms with van der Waals surface area (Å²) in [5, 5.41) is 16.7. The average molecular weight is 405 g/mol. The number of thioether (sulfide) groups is 1. The lowest BCUT2D eigenvalue weighted by Crippen LogP contribution is -2.56. The van der Waals surface area contributed by atoms with Gasteiger partial charge in [-0.2, -0.15) is 11.8 Å².